The first kappa shape index (κ1) is 18.8. The number of hydrogen-bond donors (Lipinski definition) is 0. The van der Waals surface area contributed by atoms with E-state index in [0.29, 0.717) is 10.0 Å². The summed E-state index contributed by atoms with van der Waals surface area (Å²) in [5.74, 6) is 0.868. The molecule has 1 heterocycles. The maximum absolute atomic E-state index is 6.28. The molecule has 0 spiro atoms. The fourth-order valence-electron chi connectivity index (χ4n) is 2.87. The van der Waals surface area contributed by atoms with Crippen LogP contribution in [0.2, 0.25) is 10.0 Å². The lowest BCUT2D eigenvalue weighted by molar-refractivity contribution is 0.208. The molecule has 0 aliphatic heterocycles. The summed E-state index contributed by atoms with van der Waals surface area (Å²) >= 11 is 12.2. The number of benzene rings is 2. The SMILES string of the molecule is C[C@@H](CCCc1cccnc1)Oc1ccc(-c2ccc(Cl)cc2Cl)cc1. The van der Waals surface area contributed by atoms with Gasteiger partial charge in [-0.25, -0.2) is 0 Å². The quantitative estimate of drug-likeness (QED) is 0.443. The zero-order valence-electron chi connectivity index (χ0n) is 14.7. The fraction of sp³-hybridized carbons (Fsp3) is 0.227. The van der Waals surface area contributed by atoms with Crippen LogP contribution in [0, 0.1) is 0 Å². The van der Waals surface area contributed by atoms with E-state index in [2.05, 4.69) is 18.0 Å². The van der Waals surface area contributed by atoms with Gasteiger partial charge in [0.1, 0.15) is 5.75 Å². The maximum Gasteiger partial charge on any atom is 0.119 e. The van der Waals surface area contributed by atoms with Crippen molar-refractivity contribution < 1.29 is 4.74 Å². The van der Waals surface area contributed by atoms with E-state index in [4.69, 9.17) is 27.9 Å². The summed E-state index contributed by atoms with van der Waals surface area (Å²) in [5, 5.41) is 1.29. The van der Waals surface area contributed by atoms with E-state index >= 15 is 0 Å². The molecule has 0 radical (unpaired) electrons. The molecular weight excluding hydrogens is 365 g/mol. The molecule has 0 N–H and O–H groups in total. The lowest BCUT2D eigenvalue weighted by atomic mass is 10.1. The number of aromatic nitrogens is 1. The van der Waals surface area contributed by atoms with Crippen LogP contribution in [0.25, 0.3) is 11.1 Å². The second-order valence-electron chi connectivity index (χ2n) is 6.33. The van der Waals surface area contributed by atoms with Crippen LogP contribution < -0.4 is 4.74 Å². The first-order valence-electron chi connectivity index (χ1n) is 8.73. The van der Waals surface area contributed by atoms with Crippen molar-refractivity contribution in [1.82, 2.24) is 4.98 Å². The predicted molar refractivity (Wildman–Crippen MR) is 109 cm³/mol. The molecule has 0 saturated heterocycles. The topological polar surface area (TPSA) is 22.1 Å². The van der Waals surface area contributed by atoms with Crippen molar-refractivity contribution in [2.75, 3.05) is 0 Å². The van der Waals surface area contributed by atoms with Crippen LogP contribution in [0.1, 0.15) is 25.3 Å². The Kier molecular flexibility index (Phi) is 6.54. The average molecular weight is 386 g/mol. The van der Waals surface area contributed by atoms with Crippen LogP contribution in [0.5, 0.6) is 5.75 Å². The van der Waals surface area contributed by atoms with Crippen molar-refractivity contribution in [3.8, 4) is 16.9 Å². The first-order chi connectivity index (χ1) is 12.6. The highest BCUT2D eigenvalue weighted by atomic mass is 35.5. The summed E-state index contributed by atoms with van der Waals surface area (Å²) < 4.78 is 6.02. The highest BCUT2D eigenvalue weighted by Crippen LogP contribution is 2.31. The number of hydrogen-bond acceptors (Lipinski definition) is 2. The third kappa shape index (κ3) is 5.23. The largest absolute Gasteiger partial charge is 0.491 e. The van der Waals surface area contributed by atoms with E-state index in [1.54, 1.807) is 12.3 Å². The summed E-state index contributed by atoms with van der Waals surface area (Å²) in [5.41, 5.74) is 3.28. The number of halogens is 2. The van der Waals surface area contributed by atoms with Gasteiger partial charge >= 0.3 is 0 Å². The predicted octanol–water partition coefficient (Wildman–Crippen LogP) is 6.85. The third-order valence-corrected chi connectivity index (χ3v) is 4.78. The van der Waals surface area contributed by atoms with Gasteiger partial charge in [0.2, 0.25) is 0 Å². The number of aryl methyl sites for hydroxylation is 1. The Morgan fingerprint density at radius 3 is 2.54 bits per heavy atom. The maximum atomic E-state index is 6.28. The molecule has 0 aliphatic rings. The second-order valence-corrected chi connectivity index (χ2v) is 7.17. The van der Waals surface area contributed by atoms with E-state index in [-0.39, 0.29) is 6.10 Å². The van der Waals surface area contributed by atoms with Gasteiger partial charge in [0.15, 0.2) is 0 Å². The lowest BCUT2D eigenvalue weighted by Crippen LogP contribution is -2.11. The summed E-state index contributed by atoms with van der Waals surface area (Å²) in [7, 11) is 0. The van der Waals surface area contributed by atoms with Crippen LogP contribution >= 0.6 is 23.2 Å². The van der Waals surface area contributed by atoms with Gasteiger partial charge in [-0.15, -0.1) is 0 Å². The van der Waals surface area contributed by atoms with E-state index in [1.807, 2.05) is 48.7 Å². The molecule has 3 aromatic rings. The molecule has 0 unspecified atom stereocenters. The van der Waals surface area contributed by atoms with Crippen LogP contribution in [-0.4, -0.2) is 11.1 Å². The van der Waals surface area contributed by atoms with Crippen LogP contribution in [-0.2, 0) is 6.42 Å². The summed E-state index contributed by atoms with van der Waals surface area (Å²) in [6, 6.07) is 17.6. The van der Waals surface area contributed by atoms with E-state index < -0.39 is 0 Å². The second kappa shape index (κ2) is 9.07. The molecule has 2 nitrogen and oxygen atoms in total. The molecule has 26 heavy (non-hydrogen) atoms. The van der Waals surface area contributed by atoms with Gasteiger partial charge in [-0.2, -0.15) is 0 Å². The highest BCUT2D eigenvalue weighted by molar-refractivity contribution is 6.36. The molecule has 4 heteroatoms. The molecule has 0 amide bonds. The van der Waals surface area contributed by atoms with Crippen LogP contribution in [0.3, 0.4) is 0 Å². The molecule has 0 aliphatic carbocycles. The average Bonchev–Trinajstić information content (AvgIpc) is 2.63. The summed E-state index contributed by atoms with van der Waals surface area (Å²) in [6.45, 7) is 2.10. The van der Waals surface area contributed by atoms with Crippen molar-refractivity contribution in [1.29, 1.82) is 0 Å². The minimum Gasteiger partial charge on any atom is -0.491 e. The summed E-state index contributed by atoms with van der Waals surface area (Å²) in [4.78, 5) is 4.15. The van der Waals surface area contributed by atoms with Crippen molar-refractivity contribution in [3.05, 3.63) is 82.6 Å². The van der Waals surface area contributed by atoms with Crippen molar-refractivity contribution in [2.45, 2.75) is 32.3 Å². The Morgan fingerprint density at radius 1 is 1.04 bits per heavy atom. The monoisotopic (exact) mass is 385 g/mol. The van der Waals surface area contributed by atoms with E-state index in [9.17, 15) is 0 Å². The number of ether oxygens (including phenoxy) is 1. The molecule has 0 fully saturated rings. The van der Waals surface area contributed by atoms with Gasteiger partial charge in [0.25, 0.3) is 0 Å². The van der Waals surface area contributed by atoms with Crippen molar-refractivity contribution in [2.24, 2.45) is 0 Å². The molecule has 3 rings (SSSR count). The van der Waals surface area contributed by atoms with Gasteiger partial charge in [0, 0.05) is 28.0 Å². The van der Waals surface area contributed by atoms with Gasteiger partial charge < -0.3 is 4.74 Å². The Morgan fingerprint density at radius 2 is 1.85 bits per heavy atom. The number of pyridine rings is 1. The van der Waals surface area contributed by atoms with Gasteiger partial charge in [-0.05, 0) is 67.6 Å². The Balaban J connectivity index is 1.53. The Labute approximate surface area is 164 Å². The van der Waals surface area contributed by atoms with Crippen LogP contribution in [0.15, 0.2) is 67.0 Å². The minimum atomic E-state index is 0.164. The molecular formula is C22H21Cl2NO. The zero-order valence-corrected chi connectivity index (χ0v) is 16.2. The van der Waals surface area contributed by atoms with Crippen LogP contribution in [0.4, 0.5) is 0 Å². The lowest BCUT2D eigenvalue weighted by Gasteiger charge is -2.15. The van der Waals surface area contributed by atoms with Gasteiger partial charge in [-0.3, -0.25) is 4.98 Å². The smallest absolute Gasteiger partial charge is 0.119 e. The molecule has 134 valence electrons. The summed E-state index contributed by atoms with van der Waals surface area (Å²) in [6.07, 6.45) is 6.99. The molecule has 0 saturated carbocycles. The first-order valence-corrected chi connectivity index (χ1v) is 9.48. The van der Waals surface area contributed by atoms with Crippen molar-refractivity contribution >= 4 is 23.2 Å². The highest BCUT2D eigenvalue weighted by Gasteiger charge is 2.07. The number of nitrogens with zero attached hydrogens (tertiary/aromatic N) is 1. The van der Waals surface area contributed by atoms with Crippen molar-refractivity contribution in [3.63, 3.8) is 0 Å². The molecule has 1 aromatic heterocycles. The molecule has 2 aromatic carbocycles. The number of rotatable bonds is 7. The zero-order chi connectivity index (χ0) is 18.4. The standard InChI is InChI=1S/C22H21Cl2NO/c1-16(4-2-5-17-6-3-13-25-15-17)26-20-10-7-18(8-11-20)21-12-9-19(23)14-22(21)24/h3,6-16H,2,4-5H2,1H3/t16-/m0/s1. The van der Waals surface area contributed by atoms with Gasteiger partial charge in [0.05, 0.1) is 6.10 Å². The van der Waals surface area contributed by atoms with Gasteiger partial charge in [-0.1, -0.05) is 47.5 Å². The Bertz CT molecular complexity index is 835. The van der Waals surface area contributed by atoms with E-state index in [1.165, 1.54) is 5.56 Å². The minimum absolute atomic E-state index is 0.164. The Hall–Kier alpha value is -2.03. The third-order valence-electron chi connectivity index (χ3n) is 4.23. The fourth-order valence-corrected chi connectivity index (χ4v) is 3.39. The molecule has 0 bridgehead atoms. The molecule has 1 atom stereocenters. The van der Waals surface area contributed by atoms with E-state index in [0.717, 1.165) is 36.1 Å². The normalized spacial score (nSPS) is 12.0.